The number of aromatic nitrogens is 2. The van der Waals surface area contributed by atoms with Crippen LogP contribution in [0.15, 0.2) is 102 Å². The second-order valence-electron chi connectivity index (χ2n) is 8.75. The molecule has 35 heavy (non-hydrogen) atoms. The highest BCUT2D eigenvalue weighted by Gasteiger charge is 2.27. The monoisotopic (exact) mass is 480 g/mol. The fraction of sp³-hybridized carbons (Fsp3) is 0.103. The average Bonchev–Trinajstić information content (AvgIpc) is 3.38. The van der Waals surface area contributed by atoms with Gasteiger partial charge in [0.05, 0.1) is 34.1 Å². The summed E-state index contributed by atoms with van der Waals surface area (Å²) in [5.41, 5.74) is 5.40. The van der Waals surface area contributed by atoms with Crippen LogP contribution in [0, 0.1) is 6.92 Å². The van der Waals surface area contributed by atoms with E-state index in [0.717, 1.165) is 38.7 Å². The maximum Gasteiger partial charge on any atom is 0.268 e. The smallest absolute Gasteiger partial charge is 0.268 e. The van der Waals surface area contributed by atoms with Crippen molar-refractivity contribution in [2.75, 3.05) is 7.11 Å². The van der Waals surface area contributed by atoms with E-state index in [2.05, 4.69) is 10.6 Å². The molecule has 0 amide bonds. The molecular weight excluding hydrogens is 456 g/mol. The zero-order valence-corrected chi connectivity index (χ0v) is 20.3. The number of nitrogens with zero attached hydrogens (tertiary/aromatic N) is 2. The predicted molar refractivity (Wildman–Crippen MR) is 141 cm³/mol. The van der Waals surface area contributed by atoms with Gasteiger partial charge in [-0.2, -0.15) is 0 Å². The average molecular weight is 481 g/mol. The summed E-state index contributed by atoms with van der Waals surface area (Å²) < 4.78 is 37.2. The van der Waals surface area contributed by atoms with Gasteiger partial charge in [-0.15, -0.1) is 0 Å². The van der Waals surface area contributed by atoms with Crippen LogP contribution in [0.4, 0.5) is 0 Å². The summed E-state index contributed by atoms with van der Waals surface area (Å²) >= 11 is 0. The van der Waals surface area contributed by atoms with E-state index in [9.17, 15) is 8.42 Å². The summed E-state index contributed by atoms with van der Waals surface area (Å²) in [6.45, 7) is 2.55. The molecule has 4 aromatic carbocycles. The zero-order chi connectivity index (χ0) is 24.2. The van der Waals surface area contributed by atoms with Crippen molar-refractivity contribution in [1.29, 1.82) is 0 Å². The van der Waals surface area contributed by atoms with Crippen molar-refractivity contribution >= 4 is 42.9 Å². The summed E-state index contributed by atoms with van der Waals surface area (Å²) in [7, 11) is -2.18. The van der Waals surface area contributed by atoms with E-state index in [1.807, 2.05) is 85.8 Å². The topological polar surface area (TPSA) is 53.2 Å². The van der Waals surface area contributed by atoms with Gasteiger partial charge in [0.1, 0.15) is 5.75 Å². The van der Waals surface area contributed by atoms with E-state index < -0.39 is 10.0 Å². The highest BCUT2D eigenvalue weighted by atomic mass is 32.2. The second-order valence-corrected chi connectivity index (χ2v) is 10.5. The summed E-state index contributed by atoms with van der Waals surface area (Å²) in [6, 6.07) is 30.8. The molecule has 6 rings (SSSR count). The highest BCUT2D eigenvalue weighted by molar-refractivity contribution is 7.90. The quantitative estimate of drug-likeness (QED) is 0.289. The van der Waals surface area contributed by atoms with Gasteiger partial charge in [0.15, 0.2) is 0 Å². The number of para-hydroxylation sites is 2. The molecule has 6 heteroatoms. The van der Waals surface area contributed by atoms with E-state index in [4.69, 9.17) is 4.74 Å². The van der Waals surface area contributed by atoms with Gasteiger partial charge in [0.25, 0.3) is 10.0 Å². The van der Waals surface area contributed by atoms with Crippen LogP contribution in [0.25, 0.3) is 32.8 Å². The number of hydrogen-bond donors (Lipinski definition) is 0. The van der Waals surface area contributed by atoms with Crippen molar-refractivity contribution in [3.8, 4) is 5.75 Å². The van der Waals surface area contributed by atoms with Gasteiger partial charge in [-0.1, -0.05) is 66.2 Å². The van der Waals surface area contributed by atoms with E-state index in [0.29, 0.717) is 17.6 Å². The van der Waals surface area contributed by atoms with Crippen molar-refractivity contribution in [1.82, 2.24) is 8.54 Å². The van der Waals surface area contributed by atoms with Crippen molar-refractivity contribution in [2.24, 2.45) is 0 Å². The molecule has 0 unspecified atom stereocenters. The minimum absolute atomic E-state index is 0.276. The Morgan fingerprint density at radius 1 is 0.714 bits per heavy atom. The number of methoxy groups -OCH3 is 1. The van der Waals surface area contributed by atoms with E-state index >= 15 is 0 Å². The fourth-order valence-electron chi connectivity index (χ4n) is 4.88. The van der Waals surface area contributed by atoms with Crippen LogP contribution in [-0.2, 0) is 16.6 Å². The number of ether oxygens (including phenoxy) is 1. The second kappa shape index (κ2) is 8.03. The Bertz CT molecular complexity index is 1800. The Morgan fingerprint density at radius 3 is 1.97 bits per heavy atom. The normalized spacial score (nSPS) is 12.1. The van der Waals surface area contributed by atoms with Crippen LogP contribution >= 0.6 is 0 Å². The Hall–Kier alpha value is -4.03. The van der Waals surface area contributed by atoms with Crippen LogP contribution in [0.3, 0.4) is 0 Å². The molecular formula is C29H24N2O3S. The van der Waals surface area contributed by atoms with Gasteiger partial charge in [-0.3, -0.25) is 0 Å². The molecule has 0 atom stereocenters. The molecule has 0 aliphatic carbocycles. The zero-order valence-electron chi connectivity index (χ0n) is 19.5. The van der Waals surface area contributed by atoms with Crippen LogP contribution in [-0.4, -0.2) is 24.1 Å². The number of fused-ring (bicyclic) bond motifs is 5. The SMILES string of the molecule is COc1ccc(Cn2c3ccccc3c3c2c2ccccc2n3S(=O)(=O)c2ccc(C)cc2)cc1. The van der Waals surface area contributed by atoms with Crippen molar-refractivity contribution in [3.63, 3.8) is 0 Å². The third-order valence-corrected chi connectivity index (χ3v) is 8.31. The van der Waals surface area contributed by atoms with Crippen LogP contribution in [0.5, 0.6) is 5.75 Å². The largest absolute Gasteiger partial charge is 0.497 e. The van der Waals surface area contributed by atoms with Gasteiger partial charge in [0, 0.05) is 17.3 Å². The number of aryl methyl sites for hydroxylation is 1. The van der Waals surface area contributed by atoms with Crippen molar-refractivity contribution < 1.29 is 13.2 Å². The molecule has 0 N–H and O–H groups in total. The van der Waals surface area contributed by atoms with E-state index in [-0.39, 0.29) is 4.90 Å². The molecule has 174 valence electrons. The lowest BCUT2D eigenvalue weighted by molar-refractivity contribution is 0.414. The Labute approximate surface area is 203 Å². The highest BCUT2D eigenvalue weighted by Crippen LogP contribution is 2.39. The summed E-state index contributed by atoms with van der Waals surface area (Å²) in [5, 5.41) is 1.81. The molecule has 0 bridgehead atoms. The van der Waals surface area contributed by atoms with E-state index in [1.54, 1.807) is 19.2 Å². The first-order valence-electron chi connectivity index (χ1n) is 11.4. The maximum absolute atomic E-state index is 14.1. The first-order chi connectivity index (χ1) is 17.0. The molecule has 5 nitrogen and oxygen atoms in total. The lowest BCUT2D eigenvalue weighted by Gasteiger charge is -2.10. The number of hydrogen-bond acceptors (Lipinski definition) is 3. The first-order valence-corrected chi connectivity index (χ1v) is 12.9. The predicted octanol–water partition coefficient (Wildman–Crippen LogP) is 6.35. The molecule has 0 aliphatic heterocycles. The molecule has 6 aromatic rings. The van der Waals surface area contributed by atoms with Crippen LogP contribution < -0.4 is 4.74 Å². The van der Waals surface area contributed by atoms with Crippen LogP contribution in [0.2, 0.25) is 0 Å². The van der Waals surface area contributed by atoms with Gasteiger partial charge in [0.2, 0.25) is 0 Å². The Balaban J connectivity index is 1.70. The third kappa shape index (κ3) is 3.33. The Morgan fingerprint density at radius 2 is 1.31 bits per heavy atom. The van der Waals surface area contributed by atoms with Crippen LogP contribution in [0.1, 0.15) is 11.1 Å². The molecule has 0 spiro atoms. The first kappa shape index (κ1) is 21.5. The summed E-state index contributed by atoms with van der Waals surface area (Å²) in [5.74, 6) is 0.803. The number of rotatable bonds is 5. The lowest BCUT2D eigenvalue weighted by atomic mass is 10.2. The summed E-state index contributed by atoms with van der Waals surface area (Å²) in [4.78, 5) is 0.276. The minimum Gasteiger partial charge on any atom is -0.497 e. The van der Waals surface area contributed by atoms with Gasteiger partial charge in [-0.05, 0) is 48.9 Å². The maximum atomic E-state index is 14.1. The standard InChI is InChI=1S/C29H24N2O3S/c1-20-11-17-23(18-12-20)35(32,33)31-27-10-6-4-8-25(27)28-29(31)24-7-3-5-9-26(24)30(28)19-21-13-15-22(34-2)16-14-21/h3-18H,19H2,1-2H3. The van der Waals surface area contributed by atoms with Gasteiger partial charge < -0.3 is 9.30 Å². The summed E-state index contributed by atoms with van der Waals surface area (Å²) in [6.07, 6.45) is 0. The van der Waals surface area contributed by atoms with E-state index in [1.165, 1.54) is 3.97 Å². The van der Waals surface area contributed by atoms with Crippen molar-refractivity contribution in [2.45, 2.75) is 18.4 Å². The molecule has 2 heterocycles. The molecule has 2 aromatic heterocycles. The molecule has 0 aliphatic rings. The molecule has 0 fully saturated rings. The molecule has 0 saturated carbocycles. The number of benzene rings is 4. The molecule has 0 saturated heterocycles. The third-order valence-electron chi connectivity index (χ3n) is 6.58. The van der Waals surface area contributed by atoms with Gasteiger partial charge in [-0.25, -0.2) is 12.4 Å². The molecule has 0 radical (unpaired) electrons. The van der Waals surface area contributed by atoms with Crippen molar-refractivity contribution in [3.05, 3.63) is 108 Å². The Kier molecular flexibility index (Phi) is 4.93. The fourth-order valence-corrected chi connectivity index (χ4v) is 6.41. The lowest BCUT2D eigenvalue weighted by Crippen LogP contribution is -2.12. The minimum atomic E-state index is -3.84. The van der Waals surface area contributed by atoms with Gasteiger partial charge >= 0.3 is 0 Å².